The topological polar surface area (TPSA) is 43.1 Å². The van der Waals surface area contributed by atoms with Crippen LogP contribution in [-0.4, -0.2) is 29.8 Å². The van der Waals surface area contributed by atoms with E-state index in [2.05, 4.69) is 0 Å². The van der Waals surface area contributed by atoms with Gasteiger partial charge in [-0.05, 0) is 12.1 Å². The normalized spacial score (nSPS) is 8.00. The minimum Gasteiger partial charge on any atom is -0.366 e. The van der Waals surface area contributed by atoms with Crippen LogP contribution in [0.15, 0.2) is 30.3 Å². The molecular formula is C7H7NOSn. The molecule has 0 atom stereocenters. The molecule has 1 aromatic carbocycles. The van der Waals surface area contributed by atoms with Crippen LogP contribution in [0.4, 0.5) is 0 Å². The minimum atomic E-state index is -0.379. The molecule has 10 heavy (non-hydrogen) atoms. The number of hydrogen-bond acceptors (Lipinski definition) is 1. The SMILES string of the molecule is NC(=O)c1ccccc1.[Sn]. The van der Waals surface area contributed by atoms with E-state index in [1.54, 1.807) is 24.3 Å². The molecule has 50 valence electrons. The number of rotatable bonds is 1. The Morgan fingerprint density at radius 3 is 2.00 bits per heavy atom. The monoisotopic (exact) mass is 241 g/mol. The van der Waals surface area contributed by atoms with E-state index in [-0.39, 0.29) is 29.8 Å². The molecule has 0 aromatic heterocycles. The van der Waals surface area contributed by atoms with Crippen LogP contribution in [0, 0.1) is 0 Å². The zero-order valence-corrected chi connectivity index (χ0v) is 8.23. The number of amides is 1. The molecule has 3 heteroatoms. The maximum atomic E-state index is 10.4. The van der Waals surface area contributed by atoms with E-state index in [1.807, 2.05) is 6.07 Å². The van der Waals surface area contributed by atoms with E-state index in [9.17, 15) is 4.79 Å². The third kappa shape index (κ3) is 2.39. The second kappa shape index (κ2) is 4.33. The first-order valence-electron chi connectivity index (χ1n) is 2.65. The van der Waals surface area contributed by atoms with Crippen LogP contribution in [0.1, 0.15) is 10.4 Å². The summed E-state index contributed by atoms with van der Waals surface area (Å²) >= 11 is 0. The quantitative estimate of drug-likeness (QED) is 0.709. The number of hydrogen-bond donors (Lipinski definition) is 1. The third-order valence-electron chi connectivity index (χ3n) is 1.06. The van der Waals surface area contributed by atoms with Gasteiger partial charge in [-0.15, -0.1) is 0 Å². The van der Waals surface area contributed by atoms with Gasteiger partial charge in [0.25, 0.3) is 0 Å². The Bertz CT molecular complexity index is 210. The van der Waals surface area contributed by atoms with E-state index < -0.39 is 0 Å². The zero-order valence-electron chi connectivity index (χ0n) is 5.37. The Morgan fingerprint density at radius 2 is 1.70 bits per heavy atom. The van der Waals surface area contributed by atoms with Gasteiger partial charge in [0.15, 0.2) is 0 Å². The zero-order chi connectivity index (χ0) is 6.69. The Balaban J connectivity index is 0.000000810. The van der Waals surface area contributed by atoms with Gasteiger partial charge in [0.1, 0.15) is 0 Å². The molecule has 2 nitrogen and oxygen atoms in total. The van der Waals surface area contributed by atoms with Crippen LogP contribution in [0.5, 0.6) is 0 Å². The Morgan fingerprint density at radius 1 is 1.20 bits per heavy atom. The van der Waals surface area contributed by atoms with Crippen molar-refractivity contribution >= 4 is 29.8 Å². The van der Waals surface area contributed by atoms with Gasteiger partial charge in [0.2, 0.25) is 5.91 Å². The molecule has 0 saturated heterocycles. The molecular weight excluding hydrogens is 233 g/mol. The van der Waals surface area contributed by atoms with Crippen molar-refractivity contribution in [3.05, 3.63) is 35.9 Å². The maximum absolute atomic E-state index is 10.4. The number of carbonyl (C=O) groups excluding carboxylic acids is 1. The van der Waals surface area contributed by atoms with E-state index in [0.717, 1.165) is 0 Å². The van der Waals surface area contributed by atoms with Gasteiger partial charge in [-0.2, -0.15) is 0 Å². The molecule has 0 saturated carbocycles. The molecule has 0 heterocycles. The fourth-order valence-electron chi connectivity index (χ4n) is 0.602. The summed E-state index contributed by atoms with van der Waals surface area (Å²) < 4.78 is 0. The molecule has 0 bridgehead atoms. The predicted molar refractivity (Wildman–Crippen MR) is 40.7 cm³/mol. The summed E-state index contributed by atoms with van der Waals surface area (Å²) in [5, 5.41) is 0. The second-order valence-electron chi connectivity index (χ2n) is 1.73. The standard InChI is InChI=1S/C7H7NO.Sn/c8-7(9)6-4-2-1-3-5-6;/h1-5H,(H2,8,9);. The van der Waals surface area contributed by atoms with Crippen LogP contribution in [-0.2, 0) is 0 Å². The summed E-state index contributed by atoms with van der Waals surface area (Å²) in [6.45, 7) is 0. The summed E-state index contributed by atoms with van der Waals surface area (Å²) in [5.41, 5.74) is 5.53. The first-order valence-corrected chi connectivity index (χ1v) is 2.65. The molecule has 2 N–H and O–H groups in total. The first-order chi connectivity index (χ1) is 4.30. The fraction of sp³-hybridized carbons (Fsp3) is 0. The molecule has 0 spiro atoms. The summed E-state index contributed by atoms with van der Waals surface area (Å²) in [6, 6.07) is 8.76. The van der Waals surface area contributed by atoms with Crippen molar-refractivity contribution in [3.8, 4) is 0 Å². The van der Waals surface area contributed by atoms with Crippen LogP contribution in [0.25, 0.3) is 0 Å². The minimum absolute atomic E-state index is 0. The molecule has 1 amide bonds. The van der Waals surface area contributed by atoms with Crippen LogP contribution in [0.3, 0.4) is 0 Å². The Hall–Kier alpha value is -0.511. The van der Waals surface area contributed by atoms with Gasteiger partial charge in [0.05, 0.1) is 0 Å². The van der Waals surface area contributed by atoms with E-state index in [4.69, 9.17) is 5.73 Å². The summed E-state index contributed by atoms with van der Waals surface area (Å²) in [6.07, 6.45) is 0. The van der Waals surface area contributed by atoms with Crippen LogP contribution < -0.4 is 5.73 Å². The molecule has 1 rings (SSSR count). The van der Waals surface area contributed by atoms with Gasteiger partial charge in [-0.3, -0.25) is 4.79 Å². The van der Waals surface area contributed by atoms with Crippen LogP contribution >= 0.6 is 0 Å². The van der Waals surface area contributed by atoms with Crippen molar-refractivity contribution in [2.75, 3.05) is 0 Å². The van der Waals surface area contributed by atoms with Crippen LogP contribution in [0.2, 0.25) is 0 Å². The summed E-state index contributed by atoms with van der Waals surface area (Å²) in [4.78, 5) is 10.4. The molecule has 0 aliphatic rings. The largest absolute Gasteiger partial charge is 0.366 e. The third-order valence-corrected chi connectivity index (χ3v) is 1.06. The molecule has 0 aliphatic carbocycles. The first kappa shape index (κ1) is 9.49. The molecule has 1 aromatic rings. The van der Waals surface area contributed by atoms with E-state index >= 15 is 0 Å². The van der Waals surface area contributed by atoms with Crippen molar-refractivity contribution in [3.63, 3.8) is 0 Å². The fourth-order valence-corrected chi connectivity index (χ4v) is 0.602. The number of primary amides is 1. The molecule has 0 fully saturated rings. The average molecular weight is 240 g/mol. The molecule has 0 aliphatic heterocycles. The summed E-state index contributed by atoms with van der Waals surface area (Å²) in [5.74, 6) is -0.379. The number of benzene rings is 1. The smallest absolute Gasteiger partial charge is 0.248 e. The van der Waals surface area contributed by atoms with Gasteiger partial charge >= 0.3 is 0 Å². The van der Waals surface area contributed by atoms with Crippen molar-refractivity contribution in [2.24, 2.45) is 5.73 Å². The maximum Gasteiger partial charge on any atom is 0.248 e. The number of carbonyl (C=O) groups is 1. The van der Waals surface area contributed by atoms with Gasteiger partial charge in [-0.1, -0.05) is 18.2 Å². The van der Waals surface area contributed by atoms with E-state index in [0.29, 0.717) is 5.56 Å². The summed E-state index contributed by atoms with van der Waals surface area (Å²) in [7, 11) is 0. The van der Waals surface area contributed by atoms with Crippen molar-refractivity contribution < 1.29 is 4.79 Å². The van der Waals surface area contributed by atoms with Crippen molar-refractivity contribution in [1.82, 2.24) is 0 Å². The predicted octanol–water partition coefficient (Wildman–Crippen LogP) is 0.405. The Labute approximate surface area is 76.4 Å². The van der Waals surface area contributed by atoms with Crippen molar-refractivity contribution in [2.45, 2.75) is 0 Å². The second-order valence-corrected chi connectivity index (χ2v) is 1.73. The average Bonchev–Trinajstić information content (AvgIpc) is 1.90. The van der Waals surface area contributed by atoms with Gasteiger partial charge in [0, 0.05) is 29.5 Å². The van der Waals surface area contributed by atoms with Gasteiger partial charge < -0.3 is 5.73 Å². The van der Waals surface area contributed by atoms with Crippen molar-refractivity contribution in [1.29, 1.82) is 0 Å². The van der Waals surface area contributed by atoms with E-state index in [1.165, 1.54) is 0 Å². The Kier molecular flexibility index (Phi) is 4.11. The van der Waals surface area contributed by atoms with Gasteiger partial charge in [-0.25, -0.2) is 0 Å². The number of nitrogens with two attached hydrogens (primary N) is 1. The molecule has 0 unspecified atom stereocenters. The molecule has 4 radical (unpaired) electrons.